The van der Waals surface area contributed by atoms with Crippen LogP contribution in [0.4, 0.5) is 5.69 Å². The van der Waals surface area contributed by atoms with Crippen molar-refractivity contribution in [1.82, 2.24) is 0 Å². The molecule has 0 amide bonds. The lowest BCUT2D eigenvalue weighted by atomic mass is 10.1. The molecule has 2 rings (SSSR count). The van der Waals surface area contributed by atoms with Crippen LogP contribution in [-0.4, -0.2) is 6.61 Å². The maximum atomic E-state index is 6.03. The molecule has 0 radical (unpaired) electrons. The molecule has 3 heteroatoms. The minimum atomic E-state index is 0.798. The molecule has 0 bridgehead atoms. The zero-order chi connectivity index (χ0) is 17.7. The largest absolute Gasteiger partial charge is 0.493 e. The fraction of sp³-hybridized carbons (Fsp3) is 0.455. The van der Waals surface area contributed by atoms with E-state index in [4.69, 9.17) is 10.5 Å². The molecule has 0 fully saturated rings. The van der Waals surface area contributed by atoms with Gasteiger partial charge in [0.25, 0.3) is 0 Å². The fourth-order valence-electron chi connectivity index (χ4n) is 2.77. The third-order valence-corrected chi connectivity index (χ3v) is 5.26. The van der Waals surface area contributed by atoms with Gasteiger partial charge in [-0.2, -0.15) is 11.8 Å². The highest BCUT2D eigenvalue weighted by Crippen LogP contribution is 2.27. The van der Waals surface area contributed by atoms with Crippen molar-refractivity contribution in [2.75, 3.05) is 12.3 Å². The van der Waals surface area contributed by atoms with Crippen molar-refractivity contribution < 1.29 is 4.74 Å². The molecule has 0 saturated heterocycles. The first kappa shape index (κ1) is 19.7. The summed E-state index contributed by atoms with van der Waals surface area (Å²) in [6.07, 6.45) is 7.70. The molecule has 2 aromatic carbocycles. The van der Waals surface area contributed by atoms with E-state index < -0.39 is 0 Å². The van der Waals surface area contributed by atoms with Gasteiger partial charge in [-0.05, 0) is 30.2 Å². The smallest absolute Gasteiger partial charge is 0.123 e. The van der Waals surface area contributed by atoms with Crippen molar-refractivity contribution in [3.63, 3.8) is 0 Å². The molecule has 0 spiro atoms. The van der Waals surface area contributed by atoms with E-state index in [0.717, 1.165) is 36.0 Å². The summed E-state index contributed by atoms with van der Waals surface area (Å²) in [6, 6.07) is 16.6. The number of unbranched alkanes of at least 4 members (excludes halogenated alkanes) is 5. The molecule has 0 unspecified atom stereocenters. The van der Waals surface area contributed by atoms with Crippen LogP contribution >= 0.6 is 11.8 Å². The van der Waals surface area contributed by atoms with E-state index >= 15 is 0 Å². The van der Waals surface area contributed by atoms with Gasteiger partial charge >= 0.3 is 0 Å². The van der Waals surface area contributed by atoms with Crippen LogP contribution < -0.4 is 10.5 Å². The third kappa shape index (κ3) is 7.87. The van der Waals surface area contributed by atoms with Crippen molar-refractivity contribution in [2.45, 2.75) is 57.0 Å². The quantitative estimate of drug-likeness (QED) is 0.350. The van der Waals surface area contributed by atoms with Gasteiger partial charge in [-0.15, -0.1) is 0 Å². The number of thioether (sulfide) groups is 1. The second-order valence-corrected chi connectivity index (χ2v) is 7.45. The predicted molar refractivity (Wildman–Crippen MR) is 111 cm³/mol. The van der Waals surface area contributed by atoms with Gasteiger partial charge in [0.2, 0.25) is 0 Å². The first-order chi connectivity index (χ1) is 12.3. The van der Waals surface area contributed by atoms with Gasteiger partial charge < -0.3 is 10.5 Å². The average Bonchev–Trinajstić information content (AvgIpc) is 2.63. The monoisotopic (exact) mass is 357 g/mol. The number of rotatable bonds is 12. The molecule has 0 saturated carbocycles. The Balaban J connectivity index is 1.76. The summed E-state index contributed by atoms with van der Waals surface area (Å²) in [5.41, 5.74) is 9.33. The lowest BCUT2D eigenvalue weighted by molar-refractivity contribution is 0.302. The summed E-state index contributed by atoms with van der Waals surface area (Å²) in [5, 5.41) is 0. The van der Waals surface area contributed by atoms with Crippen molar-refractivity contribution in [3.8, 4) is 5.75 Å². The molecule has 2 nitrogen and oxygen atoms in total. The SMILES string of the molecule is CCCCCCCCOc1ccc(N)cc1CSCc1ccccc1. The van der Waals surface area contributed by atoms with E-state index in [-0.39, 0.29) is 0 Å². The van der Waals surface area contributed by atoms with Crippen molar-refractivity contribution >= 4 is 17.4 Å². The summed E-state index contributed by atoms with van der Waals surface area (Å²) in [4.78, 5) is 0. The maximum Gasteiger partial charge on any atom is 0.123 e. The minimum absolute atomic E-state index is 0.798. The molecule has 0 atom stereocenters. The number of benzene rings is 2. The summed E-state index contributed by atoms with van der Waals surface area (Å²) in [5.74, 6) is 2.92. The molecule has 0 heterocycles. The van der Waals surface area contributed by atoms with Crippen LogP contribution in [-0.2, 0) is 11.5 Å². The predicted octanol–water partition coefficient (Wildman–Crippen LogP) is 6.44. The molecule has 0 aromatic heterocycles. The second kappa shape index (κ2) is 11.9. The number of nitrogens with two attached hydrogens (primary N) is 1. The van der Waals surface area contributed by atoms with E-state index in [1.165, 1.54) is 43.2 Å². The normalized spacial score (nSPS) is 10.8. The van der Waals surface area contributed by atoms with Crippen molar-refractivity contribution in [1.29, 1.82) is 0 Å². The molecule has 2 N–H and O–H groups in total. The Kier molecular flexibility index (Phi) is 9.35. The molecule has 2 aromatic rings. The minimum Gasteiger partial charge on any atom is -0.493 e. The summed E-state index contributed by atoms with van der Waals surface area (Å²) in [7, 11) is 0. The number of ether oxygens (including phenoxy) is 1. The molecule has 25 heavy (non-hydrogen) atoms. The van der Waals surface area contributed by atoms with E-state index in [9.17, 15) is 0 Å². The van der Waals surface area contributed by atoms with Crippen LogP contribution in [0.15, 0.2) is 48.5 Å². The van der Waals surface area contributed by atoms with E-state index in [1.54, 1.807) is 0 Å². The molecular weight excluding hydrogens is 326 g/mol. The van der Waals surface area contributed by atoms with E-state index in [2.05, 4.69) is 43.3 Å². The zero-order valence-corrected chi connectivity index (χ0v) is 16.2. The fourth-order valence-corrected chi connectivity index (χ4v) is 3.75. The number of hydrogen-bond donors (Lipinski definition) is 1. The topological polar surface area (TPSA) is 35.2 Å². The number of hydrogen-bond acceptors (Lipinski definition) is 3. The van der Waals surface area contributed by atoms with Gasteiger partial charge in [0.15, 0.2) is 0 Å². The number of nitrogen functional groups attached to an aromatic ring is 1. The highest BCUT2D eigenvalue weighted by atomic mass is 32.2. The maximum absolute atomic E-state index is 6.03. The van der Waals surface area contributed by atoms with Crippen molar-refractivity contribution in [3.05, 3.63) is 59.7 Å². The van der Waals surface area contributed by atoms with Gasteiger partial charge in [-0.25, -0.2) is 0 Å². The van der Waals surface area contributed by atoms with E-state index in [1.807, 2.05) is 23.9 Å². The Hall–Kier alpha value is -1.61. The van der Waals surface area contributed by atoms with Crippen LogP contribution in [0.3, 0.4) is 0 Å². The molecule has 0 aliphatic rings. The van der Waals surface area contributed by atoms with Gasteiger partial charge in [-0.1, -0.05) is 69.4 Å². The standard InChI is InChI=1S/C22H31NOS/c1-2-3-4-5-6-10-15-24-22-14-13-21(23)16-20(22)18-25-17-19-11-8-7-9-12-19/h7-9,11-14,16H,2-6,10,15,17-18,23H2,1H3. The highest BCUT2D eigenvalue weighted by molar-refractivity contribution is 7.97. The summed E-state index contributed by atoms with van der Waals surface area (Å²) < 4.78 is 6.03. The molecular formula is C22H31NOS. The van der Waals surface area contributed by atoms with Crippen LogP contribution in [0.1, 0.15) is 56.6 Å². The van der Waals surface area contributed by atoms with Gasteiger partial charge in [0.05, 0.1) is 6.61 Å². The average molecular weight is 358 g/mol. The first-order valence-electron chi connectivity index (χ1n) is 9.42. The summed E-state index contributed by atoms with van der Waals surface area (Å²) >= 11 is 1.90. The Morgan fingerprint density at radius 1 is 0.880 bits per heavy atom. The second-order valence-electron chi connectivity index (χ2n) is 6.46. The van der Waals surface area contributed by atoms with Gasteiger partial charge in [-0.3, -0.25) is 0 Å². The van der Waals surface area contributed by atoms with Crippen molar-refractivity contribution in [2.24, 2.45) is 0 Å². The Labute approximate surface area is 157 Å². The van der Waals surface area contributed by atoms with Crippen LogP contribution in [0.5, 0.6) is 5.75 Å². The Morgan fingerprint density at radius 3 is 2.44 bits per heavy atom. The first-order valence-corrected chi connectivity index (χ1v) is 10.6. The van der Waals surface area contributed by atoms with Crippen LogP contribution in [0.25, 0.3) is 0 Å². The zero-order valence-electron chi connectivity index (χ0n) is 15.4. The highest BCUT2D eigenvalue weighted by Gasteiger charge is 2.05. The molecule has 0 aliphatic heterocycles. The third-order valence-electron chi connectivity index (χ3n) is 4.21. The van der Waals surface area contributed by atoms with E-state index in [0.29, 0.717) is 0 Å². The van der Waals surface area contributed by atoms with Gasteiger partial charge in [0, 0.05) is 22.8 Å². The number of anilines is 1. The van der Waals surface area contributed by atoms with Crippen LogP contribution in [0, 0.1) is 0 Å². The molecule has 0 aliphatic carbocycles. The summed E-state index contributed by atoms with van der Waals surface area (Å²) in [6.45, 7) is 3.05. The van der Waals surface area contributed by atoms with Gasteiger partial charge in [0.1, 0.15) is 5.75 Å². The lowest BCUT2D eigenvalue weighted by Crippen LogP contribution is -2.01. The van der Waals surface area contributed by atoms with Crippen LogP contribution in [0.2, 0.25) is 0 Å². The molecule has 136 valence electrons. The lowest BCUT2D eigenvalue weighted by Gasteiger charge is -2.12. The Morgan fingerprint density at radius 2 is 1.64 bits per heavy atom. The Bertz CT molecular complexity index is 600.